The van der Waals surface area contributed by atoms with E-state index in [1.54, 1.807) is 0 Å². The van der Waals surface area contributed by atoms with Crippen LogP contribution in [0.15, 0.2) is 17.1 Å². The van der Waals surface area contributed by atoms with Crippen molar-refractivity contribution in [3.8, 4) is 0 Å². The van der Waals surface area contributed by atoms with Gasteiger partial charge in [-0.1, -0.05) is 83.3 Å². The molecule has 0 aromatic rings. The smallest absolute Gasteiger partial charge is 0.0964 e. The molecule has 0 aromatic heterocycles. The predicted octanol–water partition coefficient (Wildman–Crippen LogP) is 6.81. The summed E-state index contributed by atoms with van der Waals surface area (Å²) in [6.45, 7) is 4.33. The first kappa shape index (κ1) is 21.3. The first-order valence-electron chi connectivity index (χ1n) is 10.9. The lowest BCUT2D eigenvalue weighted by Gasteiger charge is -2.03. The van der Waals surface area contributed by atoms with Crippen LogP contribution in [0.4, 0.5) is 0 Å². The maximum absolute atomic E-state index is 4.45. The van der Waals surface area contributed by atoms with Crippen LogP contribution in [0, 0.1) is 0 Å². The summed E-state index contributed by atoms with van der Waals surface area (Å²) < 4.78 is 0. The highest BCUT2D eigenvalue weighted by Gasteiger charge is 2.03. The molecule has 1 heterocycles. The number of unbranched alkanes of at least 4 members (excludes halogenated alkanes) is 13. The molecule has 0 saturated heterocycles. The Morgan fingerprint density at radius 2 is 1.29 bits per heavy atom. The summed E-state index contributed by atoms with van der Waals surface area (Å²) >= 11 is 0. The number of nitrogens with zero attached hydrogens (tertiary/aromatic N) is 1. The van der Waals surface area contributed by atoms with Gasteiger partial charge in [-0.05, 0) is 32.1 Å². The summed E-state index contributed by atoms with van der Waals surface area (Å²) in [5, 5.41) is 3.35. The van der Waals surface area contributed by atoms with Crippen LogP contribution in [0.25, 0.3) is 0 Å². The second kappa shape index (κ2) is 17.0. The van der Waals surface area contributed by atoms with E-state index in [-0.39, 0.29) is 0 Å². The third-order valence-corrected chi connectivity index (χ3v) is 4.92. The molecule has 1 rings (SSSR count). The number of rotatable bonds is 17. The molecule has 0 unspecified atom stereocenters. The van der Waals surface area contributed by atoms with Gasteiger partial charge in [0.1, 0.15) is 0 Å². The van der Waals surface area contributed by atoms with Gasteiger partial charge in [0.05, 0.1) is 12.4 Å². The van der Waals surface area contributed by atoms with Crippen LogP contribution in [0.5, 0.6) is 0 Å². The van der Waals surface area contributed by atoms with E-state index in [0.717, 1.165) is 13.1 Å². The van der Waals surface area contributed by atoms with Crippen molar-refractivity contribution in [1.82, 2.24) is 5.32 Å². The molecule has 0 saturated carbocycles. The highest BCUT2D eigenvalue weighted by atomic mass is 15.1. The molecular weight excluding hydrogens is 292 g/mol. The fraction of sp³-hybridized carbons (Fsp3) is 0.864. The molecular formula is C22H42N2. The normalized spacial score (nSPS) is 14.3. The number of amidine groups is 1. The SMILES string of the molecule is CCCCCCCC/C=C\CCCCCCCCCC1=NCCN1. The summed E-state index contributed by atoms with van der Waals surface area (Å²) in [5.74, 6) is 1.25. The largest absolute Gasteiger partial charge is 0.372 e. The number of hydrogen-bond donors (Lipinski definition) is 1. The van der Waals surface area contributed by atoms with Gasteiger partial charge in [0.15, 0.2) is 0 Å². The van der Waals surface area contributed by atoms with Gasteiger partial charge in [-0.3, -0.25) is 4.99 Å². The molecule has 0 radical (unpaired) electrons. The van der Waals surface area contributed by atoms with Crippen LogP contribution in [-0.2, 0) is 0 Å². The number of nitrogens with one attached hydrogen (secondary N) is 1. The van der Waals surface area contributed by atoms with Crippen molar-refractivity contribution in [3.63, 3.8) is 0 Å². The molecule has 0 spiro atoms. The molecule has 0 atom stereocenters. The minimum absolute atomic E-state index is 0.989. The Balaban J connectivity index is 1.70. The van der Waals surface area contributed by atoms with Crippen molar-refractivity contribution in [1.29, 1.82) is 0 Å². The van der Waals surface area contributed by atoms with Gasteiger partial charge in [0, 0.05) is 13.0 Å². The Morgan fingerprint density at radius 1 is 0.750 bits per heavy atom. The van der Waals surface area contributed by atoms with E-state index in [0.29, 0.717) is 0 Å². The number of aliphatic imine (C=N–C) groups is 1. The second-order valence-electron chi connectivity index (χ2n) is 7.30. The molecule has 1 N–H and O–H groups in total. The van der Waals surface area contributed by atoms with E-state index in [9.17, 15) is 0 Å². The molecule has 1 aliphatic rings. The Bertz CT molecular complexity index is 320. The quantitative estimate of drug-likeness (QED) is 0.229. The van der Waals surface area contributed by atoms with E-state index in [1.165, 1.54) is 109 Å². The highest BCUT2D eigenvalue weighted by molar-refractivity contribution is 5.83. The zero-order valence-electron chi connectivity index (χ0n) is 16.3. The van der Waals surface area contributed by atoms with E-state index in [4.69, 9.17) is 0 Å². The van der Waals surface area contributed by atoms with Crippen LogP contribution in [0.3, 0.4) is 0 Å². The summed E-state index contributed by atoms with van der Waals surface area (Å²) in [5.41, 5.74) is 0. The van der Waals surface area contributed by atoms with Crippen molar-refractivity contribution in [2.75, 3.05) is 13.1 Å². The van der Waals surface area contributed by atoms with Gasteiger partial charge in [0.25, 0.3) is 0 Å². The van der Waals surface area contributed by atoms with Crippen molar-refractivity contribution >= 4 is 5.84 Å². The van der Waals surface area contributed by atoms with E-state index in [2.05, 4.69) is 29.4 Å². The maximum atomic E-state index is 4.45. The third-order valence-electron chi connectivity index (χ3n) is 4.92. The zero-order chi connectivity index (χ0) is 17.1. The molecule has 140 valence electrons. The lowest BCUT2D eigenvalue weighted by molar-refractivity contribution is 0.585. The molecule has 2 nitrogen and oxygen atoms in total. The molecule has 0 aliphatic carbocycles. The van der Waals surface area contributed by atoms with E-state index >= 15 is 0 Å². The molecule has 0 aromatic carbocycles. The average Bonchev–Trinajstić information content (AvgIpc) is 3.11. The lowest BCUT2D eigenvalue weighted by atomic mass is 10.1. The van der Waals surface area contributed by atoms with Crippen molar-refractivity contribution in [3.05, 3.63) is 12.2 Å². The van der Waals surface area contributed by atoms with Crippen molar-refractivity contribution in [2.45, 2.75) is 110 Å². The standard InChI is InChI=1S/C22H42N2/c1-2-3-4-5-6-7-8-9-10-11-12-13-14-15-16-17-18-19-22-23-20-21-24-22/h9-10H,2-8,11-21H2,1H3,(H,23,24)/b10-9-. The van der Waals surface area contributed by atoms with Crippen LogP contribution >= 0.6 is 0 Å². The van der Waals surface area contributed by atoms with Crippen LogP contribution in [-0.4, -0.2) is 18.9 Å². The van der Waals surface area contributed by atoms with Crippen molar-refractivity contribution in [2.24, 2.45) is 4.99 Å². The van der Waals surface area contributed by atoms with Crippen molar-refractivity contribution < 1.29 is 0 Å². The lowest BCUT2D eigenvalue weighted by Crippen LogP contribution is -2.17. The molecule has 0 bridgehead atoms. The highest BCUT2D eigenvalue weighted by Crippen LogP contribution is 2.11. The van der Waals surface area contributed by atoms with Crippen LogP contribution in [0.2, 0.25) is 0 Å². The van der Waals surface area contributed by atoms with Gasteiger partial charge in [-0.2, -0.15) is 0 Å². The summed E-state index contributed by atoms with van der Waals surface area (Å²) in [4.78, 5) is 4.45. The van der Waals surface area contributed by atoms with Crippen LogP contribution in [0.1, 0.15) is 110 Å². The van der Waals surface area contributed by atoms with Gasteiger partial charge in [-0.15, -0.1) is 0 Å². The van der Waals surface area contributed by atoms with Gasteiger partial charge in [-0.25, -0.2) is 0 Å². The average molecular weight is 335 g/mol. The summed E-state index contributed by atoms with van der Waals surface area (Å²) in [7, 11) is 0. The molecule has 0 amide bonds. The first-order valence-corrected chi connectivity index (χ1v) is 10.9. The monoisotopic (exact) mass is 334 g/mol. The fourth-order valence-electron chi connectivity index (χ4n) is 3.33. The van der Waals surface area contributed by atoms with E-state index in [1.807, 2.05) is 0 Å². The number of hydrogen-bond acceptors (Lipinski definition) is 2. The Morgan fingerprint density at radius 3 is 1.83 bits per heavy atom. The minimum Gasteiger partial charge on any atom is -0.372 e. The minimum atomic E-state index is 0.989. The fourth-order valence-corrected chi connectivity index (χ4v) is 3.33. The van der Waals surface area contributed by atoms with Crippen LogP contribution < -0.4 is 5.32 Å². The second-order valence-corrected chi connectivity index (χ2v) is 7.30. The van der Waals surface area contributed by atoms with E-state index < -0.39 is 0 Å². The molecule has 0 fully saturated rings. The topological polar surface area (TPSA) is 24.4 Å². The summed E-state index contributed by atoms with van der Waals surface area (Å²) in [6.07, 6.45) is 26.8. The molecule has 1 aliphatic heterocycles. The Labute approximate surface area is 151 Å². The Kier molecular flexibility index (Phi) is 15.1. The maximum Gasteiger partial charge on any atom is 0.0964 e. The van der Waals surface area contributed by atoms with Gasteiger partial charge in [0.2, 0.25) is 0 Å². The number of allylic oxidation sites excluding steroid dienone is 2. The van der Waals surface area contributed by atoms with Gasteiger partial charge < -0.3 is 5.32 Å². The molecule has 24 heavy (non-hydrogen) atoms. The predicted molar refractivity (Wildman–Crippen MR) is 109 cm³/mol. The Hall–Kier alpha value is -0.790. The first-order chi connectivity index (χ1) is 11.9. The summed E-state index contributed by atoms with van der Waals surface area (Å²) in [6, 6.07) is 0. The third kappa shape index (κ3) is 13.6. The van der Waals surface area contributed by atoms with Gasteiger partial charge >= 0.3 is 0 Å². The zero-order valence-corrected chi connectivity index (χ0v) is 16.3. The molecule has 2 heteroatoms.